The van der Waals surface area contributed by atoms with Crippen molar-refractivity contribution in [2.24, 2.45) is 0 Å². The summed E-state index contributed by atoms with van der Waals surface area (Å²) in [6.07, 6.45) is 1.57. The smallest absolute Gasteiger partial charge is 0.329 e. The lowest BCUT2D eigenvalue weighted by atomic mass is 10.2. The van der Waals surface area contributed by atoms with Gasteiger partial charge in [-0.15, -0.1) is 0 Å². The number of carbonyl (C=O) groups is 1. The van der Waals surface area contributed by atoms with Gasteiger partial charge in [-0.2, -0.15) is 0 Å². The summed E-state index contributed by atoms with van der Waals surface area (Å²) in [6.45, 7) is 11.3. The second-order valence-corrected chi connectivity index (χ2v) is 6.07. The molecule has 0 fully saturated rings. The van der Waals surface area contributed by atoms with Gasteiger partial charge in [0.05, 0.1) is 0 Å². The van der Waals surface area contributed by atoms with Crippen LogP contribution in [0.4, 0.5) is 0 Å². The topological polar surface area (TPSA) is 35.5 Å². The first kappa shape index (κ1) is 12.4. The molecule has 0 rings (SSSR count). The van der Waals surface area contributed by atoms with Crippen molar-refractivity contribution in [1.82, 2.24) is 0 Å². The molecule has 3 nitrogen and oxygen atoms in total. The van der Waals surface area contributed by atoms with Crippen molar-refractivity contribution in [1.29, 1.82) is 0 Å². The fraction of sp³-hybridized carbons (Fsp3) is 0.667. The summed E-state index contributed by atoms with van der Waals surface area (Å²) in [6, 6.07) is 0. The van der Waals surface area contributed by atoms with Gasteiger partial charge in [-0.05, 0) is 27.3 Å². The van der Waals surface area contributed by atoms with E-state index in [4.69, 9.17) is 9.16 Å². The molecule has 0 saturated carbocycles. The zero-order valence-electron chi connectivity index (χ0n) is 8.79. The summed E-state index contributed by atoms with van der Waals surface area (Å²) in [5.41, 5.74) is -0.147. The second kappa shape index (κ2) is 5.19. The van der Waals surface area contributed by atoms with Crippen LogP contribution in [0.5, 0.6) is 0 Å². The summed E-state index contributed by atoms with van der Waals surface area (Å²) in [5.74, 6) is -0.378. The van der Waals surface area contributed by atoms with E-state index >= 15 is 0 Å². The number of esters is 1. The molecule has 0 aromatic rings. The number of hydrogen-bond donors (Lipinski definition) is 0. The summed E-state index contributed by atoms with van der Waals surface area (Å²) in [4.78, 5) is 10.7. The van der Waals surface area contributed by atoms with E-state index in [-0.39, 0.29) is 11.6 Å². The van der Waals surface area contributed by atoms with Gasteiger partial charge < -0.3 is 9.16 Å². The van der Waals surface area contributed by atoms with E-state index in [1.165, 1.54) is 0 Å². The first-order valence-electron chi connectivity index (χ1n) is 4.32. The Kier molecular flexibility index (Phi) is 4.94. The van der Waals surface area contributed by atoms with Gasteiger partial charge in [0.2, 0.25) is 9.04 Å². The Balaban J connectivity index is 3.69. The highest BCUT2D eigenvalue weighted by atomic mass is 28.3. The minimum absolute atomic E-state index is 0.147. The average molecular weight is 202 g/mol. The van der Waals surface area contributed by atoms with Crippen LogP contribution < -0.4 is 0 Å². The van der Waals surface area contributed by atoms with Crippen molar-refractivity contribution >= 4 is 15.0 Å². The molecule has 76 valence electrons. The quantitative estimate of drug-likeness (QED) is 0.393. The number of ether oxygens (including phenoxy) is 1. The molecule has 0 N–H and O–H groups in total. The maximum Gasteiger partial charge on any atom is 0.329 e. The molecule has 0 aromatic carbocycles. The predicted octanol–water partition coefficient (Wildman–Crippen LogP) is 1.42. The molecule has 0 aliphatic heterocycles. The van der Waals surface area contributed by atoms with Crippen LogP contribution in [-0.2, 0) is 14.0 Å². The molecular formula is C9H18O3Si. The minimum atomic E-state index is -1.39. The van der Waals surface area contributed by atoms with Gasteiger partial charge >= 0.3 is 5.97 Å². The van der Waals surface area contributed by atoms with Gasteiger partial charge in [0, 0.05) is 11.7 Å². The normalized spacial score (nSPS) is 13.5. The van der Waals surface area contributed by atoms with Gasteiger partial charge in [-0.1, -0.05) is 6.58 Å². The molecule has 0 saturated heterocycles. The summed E-state index contributed by atoms with van der Waals surface area (Å²) >= 11 is 0. The third-order valence-electron chi connectivity index (χ3n) is 1.18. The molecular weight excluding hydrogens is 184 g/mol. The molecule has 0 amide bonds. The summed E-state index contributed by atoms with van der Waals surface area (Å²) in [5, 5.41) is 0. The maximum atomic E-state index is 10.7. The first-order chi connectivity index (χ1) is 5.85. The summed E-state index contributed by atoms with van der Waals surface area (Å²) in [7, 11) is -1.39. The van der Waals surface area contributed by atoms with Gasteiger partial charge in [0.25, 0.3) is 0 Å². The highest BCUT2D eigenvalue weighted by Gasteiger charge is 2.17. The highest BCUT2D eigenvalue weighted by molar-refractivity contribution is 6.50. The van der Waals surface area contributed by atoms with Crippen LogP contribution in [0.15, 0.2) is 12.7 Å². The maximum absolute atomic E-state index is 10.7. The van der Waals surface area contributed by atoms with Crippen LogP contribution in [0.2, 0.25) is 6.55 Å². The Morgan fingerprint density at radius 1 is 1.54 bits per heavy atom. The van der Waals surface area contributed by atoms with Crippen molar-refractivity contribution in [2.45, 2.75) is 32.9 Å². The first-order valence-corrected chi connectivity index (χ1v) is 6.76. The van der Waals surface area contributed by atoms with Crippen LogP contribution in [0.3, 0.4) is 0 Å². The number of rotatable bonds is 4. The Labute approximate surface area is 81.5 Å². The fourth-order valence-corrected chi connectivity index (χ4v) is 2.57. The molecule has 0 aliphatic rings. The molecule has 0 aromatic heterocycles. The lowest BCUT2D eigenvalue weighted by Crippen LogP contribution is -2.32. The van der Waals surface area contributed by atoms with E-state index in [1.807, 2.05) is 27.3 Å². The van der Waals surface area contributed by atoms with Crippen LogP contribution >= 0.6 is 0 Å². The third-order valence-corrected chi connectivity index (χ3v) is 2.93. The lowest BCUT2D eigenvalue weighted by Gasteiger charge is -2.24. The Morgan fingerprint density at radius 2 is 2.08 bits per heavy atom. The predicted molar refractivity (Wildman–Crippen MR) is 55.0 cm³/mol. The molecule has 4 heteroatoms. The second-order valence-electron chi connectivity index (χ2n) is 3.88. The molecule has 13 heavy (non-hydrogen) atoms. The number of carbonyl (C=O) groups excluding carboxylic acids is 1. The van der Waals surface area contributed by atoms with E-state index < -0.39 is 9.04 Å². The highest BCUT2D eigenvalue weighted by Crippen LogP contribution is 2.08. The average Bonchev–Trinajstić information content (AvgIpc) is 1.97. The van der Waals surface area contributed by atoms with Gasteiger partial charge in [0.15, 0.2) is 0 Å². The SMILES string of the molecule is C=CC(=O)OC[SiH](C)OC(C)(C)C. The largest absolute Gasteiger partial charge is 0.464 e. The Hall–Kier alpha value is -0.613. The van der Waals surface area contributed by atoms with Crippen molar-refractivity contribution < 1.29 is 14.0 Å². The van der Waals surface area contributed by atoms with Gasteiger partial charge in [-0.25, -0.2) is 4.79 Å². The molecule has 1 unspecified atom stereocenters. The zero-order chi connectivity index (χ0) is 10.5. The van der Waals surface area contributed by atoms with Crippen molar-refractivity contribution in [2.75, 3.05) is 6.23 Å². The van der Waals surface area contributed by atoms with Crippen molar-refractivity contribution in [3.8, 4) is 0 Å². The third kappa shape index (κ3) is 7.74. The lowest BCUT2D eigenvalue weighted by molar-refractivity contribution is -0.136. The van der Waals surface area contributed by atoms with E-state index in [1.54, 1.807) is 0 Å². The van der Waals surface area contributed by atoms with E-state index in [2.05, 4.69) is 6.58 Å². The Bertz CT molecular complexity index is 184. The van der Waals surface area contributed by atoms with Gasteiger partial charge in [-0.3, -0.25) is 0 Å². The minimum Gasteiger partial charge on any atom is -0.464 e. The molecule has 0 aliphatic carbocycles. The molecule has 0 bridgehead atoms. The van der Waals surface area contributed by atoms with E-state index in [0.29, 0.717) is 6.23 Å². The van der Waals surface area contributed by atoms with Crippen LogP contribution in [-0.4, -0.2) is 26.8 Å². The standard InChI is InChI=1S/C9H18O3Si/c1-6-8(10)11-7-13(5)12-9(2,3)4/h6,13H,1,7H2,2-5H3. The molecule has 1 atom stereocenters. The monoisotopic (exact) mass is 202 g/mol. The summed E-state index contributed by atoms with van der Waals surface area (Å²) < 4.78 is 10.5. The van der Waals surface area contributed by atoms with E-state index in [0.717, 1.165) is 6.08 Å². The number of hydrogen-bond acceptors (Lipinski definition) is 3. The fourth-order valence-electron chi connectivity index (χ4n) is 0.896. The molecule has 0 spiro atoms. The van der Waals surface area contributed by atoms with Crippen molar-refractivity contribution in [3.63, 3.8) is 0 Å². The van der Waals surface area contributed by atoms with E-state index in [9.17, 15) is 4.79 Å². The molecule has 0 radical (unpaired) electrons. The zero-order valence-corrected chi connectivity index (χ0v) is 9.95. The van der Waals surface area contributed by atoms with Crippen LogP contribution in [0.1, 0.15) is 20.8 Å². The Morgan fingerprint density at radius 3 is 2.46 bits per heavy atom. The van der Waals surface area contributed by atoms with Crippen LogP contribution in [0.25, 0.3) is 0 Å². The molecule has 0 heterocycles. The van der Waals surface area contributed by atoms with Crippen LogP contribution in [0, 0.1) is 0 Å². The van der Waals surface area contributed by atoms with Crippen molar-refractivity contribution in [3.05, 3.63) is 12.7 Å². The van der Waals surface area contributed by atoms with Gasteiger partial charge in [0.1, 0.15) is 6.23 Å².